The molecule has 0 aromatic heterocycles. The maximum absolute atomic E-state index is 11.6. The van der Waals surface area contributed by atoms with Gasteiger partial charge < -0.3 is 15.5 Å². The van der Waals surface area contributed by atoms with Crippen molar-refractivity contribution in [3.8, 4) is 5.75 Å². The number of amides is 1. The van der Waals surface area contributed by atoms with E-state index in [1.807, 2.05) is 0 Å². The van der Waals surface area contributed by atoms with Crippen LogP contribution >= 0.6 is 0 Å². The lowest BCUT2D eigenvalue weighted by molar-refractivity contribution is -0.147. The Morgan fingerprint density at radius 3 is 2.32 bits per heavy atom. The molecule has 0 aliphatic carbocycles. The fraction of sp³-hybridized carbons (Fsp3) is 0.429. The van der Waals surface area contributed by atoms with E-state index in [1.54, 1.807) is 26.0 Å². The van der Waals surface area contributed by atoms with Gasteiger partial charge in [-0.3, -0.25) is 9.59 Å². The van der Waals surface area contributed by atoms with Gasteiger partial charge >= 0.3 is 5.97 Å². The highest BCUT2D eigenvalue weighted by atomic mass is 16.4. The Bertz CT molecular complexity index is 451. The molecule has 0 saturated heterocycles. The van der Waals surface area contributed by atoms with Gasteiger partial charge in [-0.15, -0.1) is 0 Å². The third-order valence-corrected chi connectivity index (χ3v) is 2.95. The Hall–Kier alpha value is -2.04. The fourth-order valence-corrected chi connectivity index (χ4v) is 1.48. The molecule has 1 aromatic rings. The molecule has 3 N–H and O–H groups in total. The molecule has 1 rings (SSSR count). The van der Waals surface area contributed by atoms with Gasteiger partial charge in [-0.1, -0.05) is 12.1 Å². The first-order valence-electron chi connectivity index (χ1n) is 6.09. The van der Waals surface area contributed by atoms with Gasteiger partial charge in [0.2, 0.25) is 5.91 Å². The van der Waals surface area contributed by atoms with Crippen LogP contribution in [0.4, 0.5) is 0 Å². The summed E-state index contributed by atoms with van der Waals surface area (Å²) in [7, 11) is 0. The van der Waals surface area contributed by atoms with Gasteiger partial charge in [0, 0.05) is 6.54 Å². The molecular formula is C14H19NO4. The molecule has 5 heteroatoms. The maximum atomic E-state index is 11.6. The predicted octanol–water partition coefficient (Wildman–Crippen LogP) is 1.55. The Balaban J connectivity index is 2.36. The Morgan fingerprint density at radius 1 is 1.21 bits per heavy atom. The van der Waals surface area contributed by atoms with E-state index in [4.69, 9.17) is 10.2 Å². The van der Waals surface area contributed by atoms with Gasteiger partial charge in [0.15, 0.2) is 0 Å². The van der Waals surface area contributed by atoms with Crippen molar-refractivity contribution in [3.05, 3.63) is 29.8 Å². The van der Waals surface area contributed by atoms with Crippen LogP contribution in [0.15, 0.2) is 24.3 Å². The van der Waals surface area contributed by atoms with Gasteiger partial charge in [-0.2, -0.15) is 0 Å². The van der Waals surface area contributed by atoms with E-state index < -0.39 is 11.4 Å². The summed E-state index contributed by atoms with van der Waals surface area (Å²) < 4.78 is 0. The number of carboxylic acid groups (broad SMARTS) is 1. The SMILES string of the molecule is CC(C)(CCNC(=O)Cc1ccc(O)cc1)C(=O)O. The average Bonchev–Trinajstić information content (AvgIpc) is 2.31. The summed E-state index contributed by atoms with van der Waals surface area (Å²) in [5.74, 6) is -0.875. The highest BCUT2D eigenvalue weighted by Crippen LogP contribution is 2.19. The van der Waals surface area contributed by atoms with E-state index in [0.29, 0.717) is 13.0 Å². The Kier molecular flexibility index (Phi) is 4.92. The first-order valence-corrected chi connectivity index (χ1v) is 6.09. The van der Waals surface area contributed by atoms with Crippen molar-refractivity contribution in [2.45, 2.75) is 26.7 Å². The van der Waals surface area contributed by atoms with Crippen molar-refractivity contribution in [1.29, 1.82) is 0 Å². The van der Waals surface area contributed by atoms with Crippen molar-refractivity contribution in [2.24, 2.45) is 5.41 Å². The van der Waals surface area contributed by atoms with Gasteiger partial charge in [0.1, 0.15) is 5.75 Å². The Labute approximate surface area is 112 Å². The molecule has 0 unspecified atom stereocenters. The van der Waals surface area contributed by atoms with Crippen LogP contribution in [0.1, 0.15) is 25.8 Å². The molecule has 0 bridgehead atoms. The molecule has 0 atom stereocenters. The van der Waals surface area contributed by atoms with Crippen molar-refractivity contribution >= 4 is 11.9 Å². The lowest BCUT2D eigenvalue weighted by Gasteiger charge is -2.18. The molecule has 0 spiro atoms. The van der Waals surface area contributed by atoms with E-state index in [2.05, 4.69) is 5.32 Å². The standard InChI is InChI=1S/C14H19NO4/c1-14(2,13(18)19)7-8-15-12(17)9-10-3-5-11(16)6-4-10/h3-6,16H,7-9H2,1-2H3,(H,15,17)(H,18,19). The monoisotopic (exact) mass is 265 g/mol. The van der Waals surface area contributed by atoms with Crippen LogP contribution in [0.5, 0.6) is 5.75 Å². The number of hydrogen-bond donors (Lipinski definition) is 3. The van der Waals surface area contributed by atoms with Crippen molar-refractivity contribution in [1.82, 2.24) is 5.32 Å². The second kappa shape index (κ2) is 6.22. The lowest BCUT2D eigenvalue weighted by Crippen LogP contribution is -2.32. The number of carbonyl (C=O) groups is 2. The number of nitrogens with one attached hydrogen (secondary N) is 1. The topological polar surface area (TPSA) is 86.6 Å². The van der Waals surface area contributed by atoms with E-state index in [9.17, 15) is 9.59 Å². The molecular weight excluding hydrogens is 246 g/mol. The van der Waals surface area contributed by atoms with E-state index in [0.717, 1.165) is 5.56 Å². The highest BCUT2D eigenvalue weighted by molar-refractivity contribution is 5.78. The number of aromatic hydroxyl groups is 1. The second-order valence-corrected chi connectivity index (χ2v) is 5.13. The summed E-state index contributed by atoms with van der Waals surface area (Å²) >= 11 is 0. The number of aliphatic carboxylic acids is 1. The number of carbonyl (C=O) groups excluding carboxylic acids is 1. The van der Waals surface area contributed by atoms with E-state index in [-0.39, 0.29) is 18.1 Å². The van der Waals surface area contributed by atoms with Crippen LogP contribution in [-0.4, -0.2) is 28.6 Å². The highest BCUT2D eigenvalue weighted by Gasteiger charge is 2.26. The summed E-state index contributed by atoms with van der Waals surface area (Å²) in [5, 5.41) is 20.7. The molecule has 0 aliphatic heterocycles. The van der Waals surface area contributed by atoms with Crippen LogP contribution in [0, 0.1) is 5.41 Å². The van der Waals surface area contributed by atoms with Gasteiger partial charge in [-0.05, 0) is 38.0 Å². The molecule has 5 nitrogen and oxygen atoms in total. The van der Waals surface area contributed by atoms with Crippen molar-refractivity contribution in [2.75, 3.05) is 6.54 Å². The first-order chi connectivity index (χ1) is 8.81. The molecule has 0 fully saturated rings. The molecule has 0 saturated carbocycles. The van der Waals surface area contributed by atoms with Crippen LogP contribution < -0.4 is 5.32 Å². The zero-order valence-corrected chi connectivity index (χ0v) is 11.1. The maximum Gasteiger partial charge on any atom is 0.309 e. The summed E-state index contributed by atoms with van der Waals surface area (Å²) in [6.07, 6.45) is 0.595. The molecule has 0 radical (unpaired) electrons. The number of phenols is 1. The van der Waals surface area contributed by atoms with Crippen LogP contribution in [0.25, 0.3) is 0 Å². The van der Waals surface area contributed by atoms with Crippen molar-refractivity contribution < 1.29 is 19.8 Å². The minimum Gasteiger partial charge on any atom is -0.508 e. The first kappa shape index (κ1) is 15.0. The van der Waals surface area contributed by atoms with Crippen molar-refractivity contribution in [3.63, 3.8) is 0 Å². The fourth-order valence-electron chi connectivity index (χ4n) is 1.48. The molecule has 104 valence electrons. The van der Waals surface area contributed by atoms with Gasteiger partial charge in [0.05, 0.1) is 11.8 Å². The molecule has 19 heavy (non-hydrogen) atoms. The molecule has 1 aromatic carbocycles. The zero-order valence-electron chi connectivity index (χ0n) is 11.1. The summed E-state index contributed by atoms with van der Waals surface area (Å²) in [6.45, 7) is 3.58. The largest absolute Gasteiger partial charge is 0.508 e. The Morgan fingerprint density at radius 2 is 1.79 bits per heavy atom. The van der Waals surface area contributed by atoms with Gasteiger partial charge in [0.25, 0.3) is 0 Å². The minimum absolute atomic E-state index is 0.160. The molecule has 0 aliphatic rings. The number of rotatable bonds is 6. The third-order valence-electron chi connectivity index (χ3n) is 2.95. The smallest absolute Gasteiger partial charge is 0.309 e. The van der Waals surface area contributed by atoms with Crippen LogP contribution in [-0.2, 0) is 16.0 Å². The molecule has 1 amide bonds. The minimum atomic E-state index is -0.875. The normalized spacial score (nSPS) is 11.1. The summed E-state index contributed by atoms with van der Waals surface area (Å²) in [5.41, 5.74) is -0.0426. The number of phenolic OH excluding ortho intramolecular Hbond substituents is 1. The van der Waals surface area contributed by atoms with Crippen LogP contribution in [0.3, 0.4) is 0 Å². The van der Waals surface area contributed by atoms with Crippen LogP contribution in [0.2, 0.25) is 0 Å². The number of hydrogen-bond acceptors (Lipinski definition) is 3. The summed E-state index contributed by atoms with van der Waals surface area (Å²) in [6, 6.07) is 6.40. The predicted molar refractivity (Wildman–Crippen MR) is 70.9 cm³/mol. The lowest BCUT2D eigenvalue weighted by atomic mass is 9.90. The molecule has 0 heterocycles. The van der Waals surface area contributed by atoms with Gasteiger partial charge in [-0.25, -0.2) is 0 Å². The van der Waals surface area contributed by atoms with E-state index in [1.165, 1.54) is 12.1 Å². The number of benzene rings is 1. The second-order valence-electron chi connectivity index (χ2n) is 5.13. The van der Waals surface area contributed by atoms with E-state index >= 15 is 0 Å². The summed E-state index contributed by atoms with van der Waals surface area (Å²) in [4.78, 5) is 22.5. The quantitative estimate of drug-likeness (QED) is 0.728. The number of carboxylic acids is 1. The third kappa shape index (κ3) is 4.99. The zero-order chi connectivity index (χ0) is 14.5. The average molecular weight is 265 g/mol.